The van der Waals surface area contributed by atoms with Gasteiger partial charge in [-0.2, -0.15) is 0 Å². The van der Waals surface area contributed by atoms with Gasteiger partial charge in [-0.25, -0.2) is 0 Å². The van der Waals surface area contributed by atoms with Crippen LogP contribution in [0, 0.1) is 3.91 Å². The fourth-order valence-corrected chi connectivity index (χ4v) is 8.55. The summed E-state index contributed by atoms with van der Waals surface area (Å²) in [7, 11) is -10.9. The van der Waals surface area contributed by atoms with Gasteiger partial charge in [0.05, 0.1) is 42.7 Å². The van der Waals surface area contributed by atoms with E-state index in [1.54, 1.807) is 0 Å². The van der Waals surface area contributed by atoms with Crippen molar-refractivity contribution >= 4 is 29.5 Å². The van der Waals surface area contributed by atoms with Crippen molar-refractivity contribution in [2.45, 2.75) is 0 Å². The Morgan fingerprint density at radius 2 is 1.11 bits per heavy atom. The number of hydrogen-bond acceptors (Lipinski definition) is 8. The van der Waals surface area contributed by atoms with Crippen LogP contribution in [0.2, 0.25) is 0 Å². The Hall–Kier alpha value is -0.230. The van der Waals surface area contributed by atoms with Gasteiger partial charge in [0.25, 0.3) is 0 Å². The Kier molecular flexibility index (Phi) is 6.89. The zero-order valence-corrected chi connectivity index (χ0v) is 13.3. The van der Waals surface area contributed by atoms with E-state index in [1.165, 1.54) is 14.2 Å². The van der Waals surface area contributed by atoms with Crippen LogP contribution in [0.15, 0.2) is 0 Å². The lowest BCUT2D eigenvalue weighted by Crippen LogP contribution is -2.34. The van der Waals surface area contributed by atoms with E-state index in [0.717, 1.165) is 0 Å². The molecule has 11 heteroatoms. The molecule has 8 nitrogen and oxygen atoms in total. The topological polar surface area (TPSA) is 121 Å². The summed E-state index contributed by atoms with van der Waals surface area (Å²) in [5.74, 6) is -1.45. The molecular weight excluding hydrogens is 320 g/mol. The molecule has 19 heavy (non-hydrogen) atoms. The minimum Gasteiger partial charge on any atom is -0.384 e. The largest absolute Gasteiger partial charge is 0.384 e. The maximum atomic E-state index is 11.8. The second-order valence-electron chi connectivity index (χ2n) is 3.65. The summed E-state index contributed by atoms with van der Waals surface area (Å²) < 4.78 is 77.9. The van der Waals surface area contributed by atoms with Gasteiger partial charge in [-0.15, -0.1) is 0 Å². The van der Waals surface area contributed by atoms with Crippen molar-refractivity contribution in [1.29, 1.82) is 0 Å². The lowest BCUT2D eigenvalue weighted by molar-refractivity contribution is 0.217. The summed E-state index contributed by atoms with van der Waals surface area (Å²) in [6.07, 6.45) is 0.539. The molecule has 0 unspecified atom stereocenters. The first kappa shape index (κ1) is 18.8. The third-order valence-electron chi connectivity index (χ3n) is 1.92. The summed E-state index contributed by atoms with van der Waals surface area (Å²) in [5, 5.41) is 0. The normalized spacial score (nSPS) is 13.9. The van der Waals surface area contributed by atoms with Gasteiger partial charge < -0.3 is 9.47 Å². The minimum absolute atomic E-state index is 0.304. The molecule has 0 aliphatic heterocycles. The van der Waals surface area contributed by atoms with Gasteiger partial charge in [0, 0.05) is 35.9 Å². The van der Waals surface area contributed by atoms with E-state index in [9.17, 15) is 25.3 Å². The fourth-order valence-electron chi connectivity index (χ4n) is 1.21. The predicted octanol–water partition coefficient (Wildman–Crippen LogP) is -1.40. The monoisotopic (exact) mass is 337 g/mol. The molecule has 0 aromatic heterocycles. The number of sulfone groups is 3. The molecule has 0 fully saturated rings. The van der Waals surface area contributed by atoms with Crippen LogP contribution < -0.4 is 0 Å². The van der Waals surface area contributed by atoms with Crippen molar-refractivity contribution < 1.29 is 34.7 Å². The van der Waals surface area contributed by atoms with Gasteiger partial charge in [0.15, 0.2) is 0 Å². The molecule has 0 heterocycles. The van der Waals surface area contributed by atoms with Gasteiger partial charge in [-0.05, 0) is 0 Å². The van der Waals surface area contributed by atoms with Crippen LogP contribution in [0.4, 0.5) is 0 Å². The van der Waals surface area contributed by atoms with E-state index in [4.69, 9.17) is 0 Å². The molecule has 0 spiro atoms. The predicted molar refractivity (Wildman–Crippen MR) is 69.4 cm³/mol. The molecule has 0 bridgehead atoms. The van der Waals surface area contributed by atoms with Crippen LogP contribution in [0.5, 0.6) is 0 Å². The van der Waals surface area contributed by atoms with Gasteiger partial charge in [-0.3, -0.25) is 25.3 Å². The van der Waals surface area contributed by atoms with E-state index < -0.39 is 44.9 Å². The highest BCUT2D eigenvalue weighted by atomic mass is 32.3. The maximum Gasteiger partial charge on any atom is 0.0575 e. The third kappa shape index (κ3) is 5.73. The first-order chi connectivity index (χ1) is 8.49. The highest BCUT2D eigenvalue weighted by Gasteiger charge is 2.32. The Balaban J connectivity index is 5.62. The number of hydrogen-bond donors (Lipinski definition) is 0. The second kappa shape index (κ2) is 6.97. The average Bonchev–Trinajstić information content (AvgIpc) is 2.20. The highest BCUT2D eigenvalue weighted by Crippen LogP contribution is 2.26. The molecule has 0 atom stereocenters. The van der Waals surface area contributed by atoms with E-state index in [0.29, 0.717) is 6.26 Å². The van der Waals surface area contributed by atoms with Crippen LogP contribution in [0.25, 0.3) is 0 Å². The second-order valence-corrected chi connectivity index (χ2v) is 10.5. The maximum absolute atomic E-state index is 11.8. The number of methoxy groups -OCH3 is 2. The summed E-state index contributed by atoms with van der Waals surface area (Å²) in [4.78, 5) is 0. The molecule has 0 saturated carbocycles. The van der Waals surface area contributed by atoms with Gasteiger partial charge in [-0.1, -0.05) is 0 Å². The average molecular weight is 337 g/mol. The molecule has 0 radical (unpaired) electrons. The Morgan fingerprint density at radius 1 is 0.789 bits per heavy atom. The zero-order valence-electron chi connectivity index (χ0n) is 10.8. The molecule has 0 rings (SSSR count). The number of rotatable bonds is 9. The van der Waals surface area contributed by atoms with Crippen molar-refractivity contribution in [3.8, 4) is 0 Å². The molecule has 0 aromatic rings. The van der Waals surface area contributed by atoms with Crippen molar-refractivity contribution in [3.63, 3.8) is 0 Å². The van der Waals surface area contributed by atoms with E-state index in [-0.39, 0.29) is 13.2 Å². The van der Waals surface area contributed by atoms with E-state index in [2.05, 4.69) is 9.47 Å². The van der Waals surface area contributed by atoms with Crippen molar-refractivity contribution in [1.82, 2.24) is 0 Å². The quantitative estimate of drug-likeness (QED) is 0.471. The zero-order chi connectivity index (χ0) is 15.3. The lowest BCUT2D eigenvalue weighted by Gasteiger charge is -2.27. The molecule has 0 saturated heterocycles. The standard InChI is InChI=1S/C8H17O8S3/c1-15-4-6-18(11,12)8(17(3,9)10)19(13,14)7-5-16-2/h4-7H2,1-3H3/q-1. The summed E-state index contributed by atoms with van der Waals surface area (Å²) in [6.45, 7) is -0.609. The summed E-state index contributed by atoms with van der Waals surface area (Å²) in [5.41, 5.74) is 0. The van der Waals surface area contributed by atoms with Crippen LogP contribution in [0.3, 0.4) is 0 Å². The van der Waals surface area contributed by atoms with Crippen molar-refractivity contribution in [2.75, 3.05) is 45.2 Å². The van der Waals surface area contributed by atoms with Gasteiger partial charge in [0.1, 0.15) is 0 Å². The minimum atomic E-state index is -4.47. The molecule has 0 N–H and O–H groups in total. The summed E-state index contributed by atoms with van der Waals surface area (Å²) in [6, 6.07) is 0. The summed E-state index contributed by atoms with van der Waals surface area (Å²) >= 11 is 0. The Bertz CT molecular complexity index is 533. The molecular formula is C8H17O8S3-. The Labute approximate surface area is 113 Å². The fraction of sp³-hybridized carbons (Fsp3) is 0.875. The molecule has 0 aliphatic rings. The molecule has 0 aromatic carbocycles. The molecule has 0 amide bonds. The van der Waals surface area contributed by atoms with Crippen molar-refractivity contribution in [2.24, 2.45) is 0 Å². The highest BCUT2D eigenvalue weighted by molar-refractivity contribution is 8.28. The first-order valence-electron chi connectivity index (χ1n) is 4.99. The van der Waals surface area contributed by atoms with Crippen LogP contribution >= 0.6 is 0 Å². The van der Waals surface area contributed by atoms with Gasteiger partial charge >= 0.3 is 0 Å². The molecule has 0 aliphatic carbocycles. The van der Waals surface area contributed by atoms with Crippen LogP contribution in [0.1, 0.15) is 0 Å². The lowest BCUT2D eigenvalue weighted by atomic mass is 10.9. The van der Waals surface area contributed by atoms with Gasteiger partial charge in [0.2, 0.25) is 0 Å². The number of ether oxygens (including phenoxy) is 2. The smallest absolute Gasteiger partial charge is 0.0575 e. The third-order valence-corrected chi connectivity index (χ3v) is 9.82. The molecule has 116 valence electrons. The van der Waals surface area contributed by atoms with Crippen molar-refractivity contribution in [3.05, 3.63) is 3.91 Å². The van der Waals surface area contributed by atoms with E-state index >= 15 is 0 Å². The van der Waals surface area contributed by atoms with E-state index in [1.807, 2.05) is 0 Å². The van der Waals surface area contributed by atoms with Crippen LogP contribution in [-0.4, -0.2) is 70.4 Å². The SMILES string of the molecule is COCCS(=O)(=O)[C-](S(C)(=O)=O)S(=O)(=O)CCOC. The van der Waals surface area contributed by atoms with Crippen LogP contribution in [-0.2, 0) is 39.0 Å². The Morgan fingerprint density at radius 3 is 1.32 bits per heavy atom. The first-order valence-corrected chi connectivity index (χ1v) is 10.2.